The number of hydrogen-bond donors (Lipinski definition) is 3. The molecule has 2 unspecified atom stereocenters. The van der Waals surface area contributed by atoms with Crippen molar-refractivity contribution < 1.29 is 23.1 Å². The molecule has 1 saturated carbocycles. The van der Waals surface area contributed by atoms with Gasteiger partial charge in [0.15, 0.2) is 0 Å². The summed E-state index contributed by atoms with van der Waals surface area (Å²) in [5, 5.41) is 14.6. The van der Waals surface area contributed by atoms with Crippen molar-refractivity contribution in [3.8, 4) is 0 Å². The maximum Gasteiger partial charge on any atom is 0.391 e. The molecular weight excluding hydrogens is 321 g/mol. The van der Waals surface area contributed by atoms with Gasteiger partial charge in [-0.25, -0.2) is 4.79 Å². The van der Waals surface area contributed by atoms with Crippen LogP contribution in [0.5, 0.6) is 0 Å². The average molecular weight is 344 g/mol. The number of carbonyl (C=O) groups is 1. The van der Waals surface area contributed by atoms with Gasteiger partial charge < -0.3 is 15.7 Å². The lowest BCUT2D eigenvalue weighted by atomic mass is 9.85. The fourth-order valence-electron chi connectivity index (χ4n) is 3.14. The van der Waals surface area contributed by atoms with E-state index in [9.17, 15) is 18.0 Å². The van der Waals surface area contributed by atoms with Gasteiger partial charge in [0.05, 0.1) is 12.0 Å². The summed E-state index contributed by atoms with van der Waals surface area (Å²) in [4.78, 5) is 12.1. The summed E-state index contributed by atoms with van der Waals surface area (Å²) in [6.07, 6.45) is -2.81. The summed E-state index contributed by atoms with van der Waals surface area (Å²) in [6.45, 7) is -0.0978. The molecule has 0 spiro atoms. The van der Waals surface area contributed by atoms with Crippen LogP contribution in [0.25, 0.3) is 0 Å². The summed E-state index contributed by atoms with van der Waals surface area (Å²) in [5.41, 5.74) is 0.846. The van der Waals surface area contributed by atoms with Gasteiger partial charge in [-0.3, -0.25) is 0 Å². The number of rotatable bonds is 5. The van der Waals surface area contributed by atoms with Crippen LogP contribution >= 0.6 is 0 Å². The van der Waals surface area contributed by atoms with E-state index in [0.29, 0.717) is 19.3 Å². The first-order valence-electron chi connectivity index (χ1n) is 8.19. The molecule has 2 amide bonds. The van der Waals surface area contributed by atoms with E-state index >= 15 is 0 Å². The zero-order chi connectivity index (χ0) is 17.6. The zero-order valence-corrected chi connectivity index (χ0v) is 13.4. The van der Waals surface area contributed by atoms with Crippen molar-refractivity contribution in [1.82, 2.24) is 10.6 Å². The number of carbonyl (C=O) groups excluding carboxylic acids is 1. The zero-order valence-electron chi connectivity index (χ0n) is 13.4. The third-order valence-corrected chi connectivity index (χ3v) is 4.40. The van der Waals surface area contributed by atoms with Gasteiger partial charge in [0.2, 0.25) is 0 Å². The van der Waals surface area contributed by atoms with Crippen molar-refractivity contribution >= 4 is 6.03 Å². The van der Waals surface area contributed by atoms with E-state index < -0.39 is 24.2 Å². The molecule has 0 aromatic heterocycles. The van der Waals surface area contributed by atoms with Gasteiger partial charge in [-0.05, 0) is 31.2 Å². The molecule has 0 heterocycles. The van der Waals surface area contributed by atoms with Gasteiger partial charge >= 0.3 is 12.2 Å². The maximum atomic E-state index is 12.8. The van der Waals surface area contributed by atoms with Crippen LogP contribution in [0.4, 0.5) is 18.0 Å². The fraction of sp³-hybridized carbons (Fsp3) is 0.588. The number of halogens is 3. The van der Waals surface area contributed by atoms with Crippen LogP contribution in [-0.2, 0) is 0 Å². The predicted molar refractivity (Wildman–Crippen MR) is 84.4 cm³/mol. The molecule has 134 valence electrons. The molecule has 3 atom stereocenters. The fourth-order valence-corrected chi connectivity index (χ4v) is 3.14. The van der Waals surface area contributed by atoms with Crippen molar-refractivity contribution in [1.29, 1.82) is 0 Å². The Kier molecular flexibility index (Phi) is 6.48. The molecule has 1 aliphatic rings. The SMILES string of the molecule is O=C(NC1CCCC(C(F)(F)F)C1)N[C@H](CCO)c1ccccc1. The minimum atomic E-state index is -4.21. The molecule has 0 saturated heterocycles. The third kappa shape index (κ3) is 5.40. The average Bonchev–Trinajstić information content (AvgIpc) is 2.55. The Morgan fingerprint density at radius 2 is 1.96 bits per heavy atom. The van der Waals surface area contributed by atoms with Crippen LogP contribution in [0.1, 0.15) is 43.7 Å². The molecular formula is C17H23F3N2O2. The Balaban J connectivity index is 1.91. The van der Waals surface area contributed by atoms with E-state index in [1.165, 1.54) is 0 Å². The van der Waals surface area contributed by atoms with Gasteiger partial charge in [-0.1, -0.05) is 36.8 Å². The molecule has 1 aliphatic carbocycles. The number of aliphatic hydroxyl groups excluding tert-OH is 1. The van der Waals surface area contributed by atoms with E-state index in [2.05, 4.69) is 10.6 Å². The standard InChI is InChI=1S/C17H23F3N2O2/c18-17(19,20)13-7-4-8-14(11-13)21-16(24)22-15(9-10-23)12-5-2-1-3-6-12/h1-3,5-6,13-15,23H,4,7-11H2,(H2,21,22,24)/t13?,14?,15-/m1/s1. The summed E-state index contributed by atoms with van der Waals surface area (Å²) >= 11 is 0. The van der Waals surface area contributed by atoms with Gasteiger partial charge in [-0.15, -0.1) is 0 Å². The van der Waals surface area contributed by atoms with Gasteiger partial charge in [-0.2, -0.15) is 13.2 Å². The first kappa shape index (κ1) is 18.6. The Bertz CT molecular complexity index is 522. The summed E-state index contributed by atoms with van der Waals surface area (Å²) in [7, 11) is 0. The Hall–Kier alpha value is -1.76. The van der Waals surface area contributed by atoms with E-state index in [0.717, 1.165) is 5.56 Å². The molecule has 0 radical (unpaired) electrons. The Morgan fingerprint density at radius 1 is 1.25 bits per heavy atom. The van der Waals surface area contributed by atoms with E-state index in [4.69, 9.17) is 5.11 Å². The van der Waals surface area contributed by atoms with E-state index in [1.54, 1.807) is 0 Å². The minimum absolute atomic E-state index is 0.0765. The van der Waals surface area contributed by atoms with Crippen LogP contribution in [0, 0.1) is 5.92 Å². The lowest BCUT2D eigenvalue weighted by Crippen LogP contribution is -2.46. The van der Waals surface area contributed by atoms with E-state index in [-0.39, 0.29) is 25.5 Å². The van der Waals surface area contributed by atoms with Gasteiger partial charge in [0.25, 0.3) is 0 Å². The molecule has 0 aliphatic heterocycles. The largest absolute Gasteiger partial charge is 0.396 e. The number of alkyl halides is 3. The topological polar surface area (TPSA) is 61.4 Å². The van der Waals surface area contributed by atoms with Crippen LogP contribution in [0.3, 0.4) is 0 Å². The van der Waals surface area contributed by atoms with Gasteiger partial charge in [0, 0.05) is 12.6 Å². The maximum absolute atomic E-state index is 12.8. The molecule has 2 rings (SSSR count). The molecule has 4 nitrogen and oxygen atoms in total. The third-order valence-electron chi connectivity index (χ3n) is 4.40. The number of aliphatic hydroxyl groups is 1. The molecule has 24 heavy (non-hydrogen) atoms. The summed E-state index contributed by atoms with van der Waals surface area (Å²) in [5.74, 6) is -1.35. The summed E-state index contributed by atoms with van der Waals surface area (Å²) in [6, 6.07) is 7.82. The Morgan fingerprint density at radius 3 is 2.58 bits per heavy atom. The molecule has 1 fully saturated rings. The first-order valence-corrected chi connectivity index (χ1v) is 8.19. The second-order valence-electron chi connectivity index (χ2n) is 6.20. The highest BCUT2D eigenvalue weighted by molar-refractivity contribution is 5.74. The first-order chi connectivity index (χ1) is 11.4. The van der Waals surface area contributed by atoms with Crippen LogP contribution < -0.4 is 10.6 Å². The minimum Gasteiger partial charge on any atom is -0.396 e. The number of urea groups is 1. The lowest BCUT2D eigenvalue weighted by molar-refractivity contribution is -0.183. The number of hydrogen-bond acceptors (Lipinski definition) is 2. The van der Waals surface area contributed by atoms with Crippen molar-refractivity contribution in [2.24, 2.45) is 5.92 Å². The second-order valence-corrected chi connectivity index (χ2v) is 6.20. The van der Waals surface area contributed by atoms with Gasteiger partial charge in [0.1, 0.15) is 0 Å². The second kappa shape index (κ2) is 8.37. The van der Waals surface area contributed by atoms with Crippen LogP contribution in [0.15, 0.2) is 30.3 Å². The highest BCUT2D eigenvalue weighted by Gasteiger charge is 2.42. The number of amides is 2. The quantitative estimate of drug-likeness (QED) is 0.765. The smallest absolute Gasteiger partial charge is 0.391 e. The highest BCUT2D eigenvalue weighted by Crippen LogP contribution is 2.37. The Labute approximate surface area is 139 Å². The van der Waals surface area contributed by atoms with Crippen molar-refractivity contribution in [2.45, 2.75) is 50.4 Å². The number of nitrogens with one attached hydrogen (secondary N) is 2. The van der Waals surface area contributed by atoms with Crippen molar-refractivity contribution in [2.75, 3.05) is 6.61 Å². The monoisotopic (exact) mass is 344 g/mol. The van der Waals surface area contributed by atoms with Crippen LogP contribution in [0.2, 0.25) is 0 Å². The normalized spacial score (nSPS) is 22.7. The molecule has 1 aromatic rings. The lowest BCUT2D eigenvalue weighted by Gasteiger charge is -2.31. The predicted octanol–water partition coefficient (Wildman–Crippen LogP) is 3.53. The van der Waals surface area contributed by atoms with Crippen molar-refractivity contribution in [3.63, 3.8) is 0 Å². The van der Waals surface area contributed by atoms with Crippen molar-refractivity contribution in [3.05, 3.63) is 35.9 Å². The number of benzene rings is 1. The molecule has 0 bridgehead atoms. The van der Waals surface area contributed by atoms with E-state index in [1.807, 2.05) is 30.3 Å². The highest BCUT2D eigenvalue weighted by atomic mass is 19.4. The summed E-state index contributed by atoms with van der Waals surface area (Å²) < 4.78 is 38.5. The molecule has 7 heteroatoms. The van der Waals surface area contributed by atoms with Crippen LogP contribution in [-0.4, -0.2) is 30.0 Å². The molecule has 1 aromatic carbocycles. The molecule has 3 N–H and O–H groups in total.